The van der Waals surface area contributed by atoms with Gasteiger partial charge in [0.2, 0.25) is 0 Å². The van der Waals surface area contributed by atoms with Crippen LogP contribution in [0.2, 0.25) is 0 Å². The Morgan fingerprint density at radius 1 is 1.50 bits per heavy atom. The molecule has 0 heterocycles. The van der Waals surface area contributed by atoms with Gasteiger partial charge in [0.05, 0.1) is 0 Å². The van der Waals surface area contributed by atoms with Crippen molar-refractivity contribution in [2.75, 3.05) is 0 Å². The second kappa shape index (κ2) is 46.7. The molecule has 4 nitrogen and oxygen atoms in total. The van der Waals surface area contributed by atoms with Crippen LogP contribution in [0, 0.1) is 0 Å². The molecule has 6 heteroatoms. The zero-order chi connectivity index (χ0) is 4.71. The summed E-state index contributed by atoms with van der Waals surface area (Å²) in [4.78, 5) is 0. The molecule has 0 aliphatic carbocycles. The van der Waals surface area contributed by atoms with Crippen LogP contribution in [-0.4, -0.2) is 17.9 Å². The molecule has 0 unspecified atom stereocenters. The van der Waals surface area contributed by atoms with Crippen molar-refractivity contribution in [2.24, 2.45) is 0 Å². The molecular weight excluding hydrogens is 97.8 g/mol. The van der Waals surface area contributed by atoms with Gasteiger partial charge in [-0.25, -0.2) is 0 Å². The van der Waals surface area contributed by atoms with E-state index in [0.717, 1.165) is 0 Å². The van der Waals surface area contributed by atoms with Crippen LogP contribution in [0.3, 0.4) is 0 Å². The summed E-state index contributed by atoms with van der Waals surface area (Å²) in [6, 6.07) is 0. The summed E-state index contributed by atoms with van der Waals surface area (Å²) in [5.74, 6) is 0. The fraction of sp³-hybridized carbons (Fsp3) is 0. The number of rotatable bonds is 0. The molecule has 0 saturated carbocycles. The molecule has 30 valence electrons. The number of hydrogen-bond acceptors (Lipinski definition) is 4. The molecule has 0 spiro atoms. The van der Waals surface area contributed by atoms with E-state index in [1.807, 2.05) is 0 Å². The van der Waals surface area contributed by atoms with Gasteiger partial charge in [-0.15, -0.1) is 0 Å². The minimum absolute atomic E-state index is 0. The Bertz CT molecular complexity index is 15.0. The third kappa shape index (κ3) is 172. The van der Waals surface area contributed by atoms with E-state index in [1.165, 1.54) is 0 Å². The molecule has 2 N–H and O–H groups in total. The van der Waals surface area contributed by atoms with Gasteiger partial charge in [0, 0.05) is 0 Å². The van der Waals surface area contributed by atoms with Crippen LogP contribution in [0.4, 0.5) is 0 Å². The van der Waals surface area contributed by atoms with Gasteiger partial charge >= 0.3 is 46.6 Å². The maximum Gasteiger partial charge on any atom is 1.00 e. The molecule has 0 saturated heterocycles. The van der Waals surface area contributed by atoms with Crippen LogP contribution in [0.1, 0.15) is 0 Å². The fourth-order valence-corrected chi connectivity index (χ4v) is 0. The molecular formula is H2BNaO4. The van der Waals surface area contributed by atoms with Gasteiger partial charge in [0.25, 0.3) is 0 Å². The minimum atomic E-state index is -0.500. The summed E-state index contributed by atoms with van der Waals surface area (Å²) in [7, 11) is -0.500. The first-order chi connectivity index (χ1) is 2.41. The third-order valence-electron chi connectivity index (χ3n) is 0. The summed E-state index contributed by atoms with van der Waals surface area (Å²) >= 11 is 0. The van der Waals surface area contributed by atoms with E-state index in [1.54, 1.807) is 0 Å². The van der Waals surface area contributed by atoms with Gasteiger partial charge < -0.3 is 0 Å². The molecule has 0 aliphatic rings. The molecule has 6 heavy (non-hydrogen) atoms. The van der Waals surface area contributed by atoms with Crippen LogP contribution in [0.5, 0.6) is 0 Å². The largest absolute Gasteiger partial charge is 1.00 e. The van der Waals surface area contributed by atoms with Crippen LogP contribution in [0.15, 0.2) is 0 Å². The summed E-state index contributed by atoms with van der Waals surface area (Å²) in [6.07, 6.45) is 0. The standard InChI is InChI=1S/BO2.Na.H2O2/c2-1-3;;1-2/h;;1-2H/q-1;+1;. The molecule has 0 aromatic rings. The van der Waals surface area contributed by atoms with Crippen molar-refractivity contribution in [1.82, 2.24) is 0 Å². The zero-order valence-electron chi connectivity index (χ0n) is 3.29. The predicted molar refractivity (Wildman–Crippen MR) is 11.7 cm³/mol. The molecule has 0 aliphatic heterocycles. The predicted octanol–water partition coefficient (Wildman–Crippen LogP) is -4.67. The molecule has 0 atom stereocenters. The summed E-state index contributed by atoms with van der Waals surface area (Å²) < 4.78 is 8.25. The van der Waals surface area contributed by atoms with Crippen molar-refractivity contribution < 1.29 is 49.8 Å². The second-order valence-corrected chi connectivity index (χ2v) is 0.0962. The first-order valence-electron chi connectivity index (χ1n) is 0.671. The Morgan fingerprint density at radius 2 is 1.50 bits per heavy atom. The van der Waals surface area contributed by atoms with Crippen molar-refractivity contribution in [2.45, 2.75) is 0 Å². The van der Waals surface area contributed by atoms with E-state index in [4.69, 9.17) is 20.2 Å². The van der Waals surface area contributed by atoms with Crippen LogP contribution in [-0.2, 0) is 4.70 Å². The Hall–Kier alpha value is 0.585. The maximum absolute atomic E-state index is 8.25. The van der Waals surface area contributed by atoms with Crippen LogP contribution < -0.4 is 34.6 Å². The monoisotopic (exact) mass is 100.0 g/mol. The molecule has 0 rings (SSSR count). The first-order valence-corrected chi connectivity index (χ1v) is 0.671. The Labute approximate surface area is 57.3 Å². The SMILES string of the molecule is O=B[O-].OO.[Na+]. The first kappa shape index (κ1) is 16.0. The Balaban J connectivity index is -0.0000000275. The van der Waals surface area contributed by atoms with Gasteiger partial charge in [-0.1, -0.05) is 0 Å². The van der Waals surface area contributed by atoms with E-state index in [0.29, 0.717) is 0 Å². The molecule has 0 bridgehead atoms. The van der Waals surface area contributed by atoms with Crippen molar-refractivity contribution in [3.05, 3.63) is 0 Å². The van der Waals surface area contributed by atoms with Crippen molar-refractivity contribution in [1.29, 1.82) is 0 Å². The van der Waals surface area contributed by atoms with Gasteiger partial charge in [-0.3, -0.25) is 10.5 Å². The normalized spacial score (nSPS) is 2.33. The van der Waals surface area contributed by atoms with Crippen molar-refractivity contribution >= 4 is 7.35 Å². The van der Waals surface area contributed by atoms with Crippen molar-refractivity contribution in [3.8, 4) is 0 Å². The fourth-order valence-electron chi connectivity index (χ4n) is 0. The van der Waals surface area contributed by atoms with E-state index in [-0.39, 0.29) is 29.6 Å². The maximum atomic E-state index is 8.25. The average Bonchev–Trinajstić information content (AvgIpc) is 1.46. The van der Waals surface area contributed by atoms with E-state index >= 15 is 0 Å². The molecule has 0 aromatic carbocycles. The van der Waals surface area contributed by atoms with Gasteiger partial charge in [-0.2, -0.15) is 0 Å². The average molecular weight is 99.8 g/mol. The van der Waals surface area contributed by atoms with E-state index in [2.05, 4.69) is 0 Å². The molecule has 0 amide bonds. The van der Waals surface area contributed by atoms with Crippen LogP contribution >= 0.6 is 0 Å². The van der Waals surface area contributed by atoms with E-state index < -0.39 is 7.35 Å². The van der Waals surface area contributed by atoms with E-state index in [9.17, 15) is 0 Å². The third-order valence-corrected chi connectivity index (χ3v) is 0. The van der Waals surface area contributed by atoms with Gasteiger partial charge in [0.1, 0.15) is 0 Å². The smallest absolute Gasteiger partial charge is 0.255 e. The summed E-state index contributed by atoms with van der Waals surface area (Å²) in [5, 5.41) is 20.2. The summed E-state index contributed by atoms with van der Waals surface area (Å²) in [5.41, 5.74) is 0. The van der Waals surface area contributed by atoms with Gasteiger partial charge in [0.15, 0.2) is 0 Å². The van der Waals surface area contributed by atoms with Crippen molar-refractivity contribution in [3.63, 3.8) is 0 Å². The van der Waals surface area contributed by atoms with Crippen LogP contribution in [0.25, 0.3) is 0 Å². The molecule has 0 radical (unpaired) electrons. The molecule has 0 aromatic heterocycles. The molecule has 0 fully saturated rings. The quantitative estimate of drug-likeness (QED) is 0.182. The number of hydrogen-bond donors (Lipinski definition) is 2. The Kier molecular flexibility index (Phi) is 124. The van der Waals surface area contributed by atoms with Gasteiger partial charge in [-0.05, 0) is 0 Å². The topological polar surface area (TPSA) is 80.6 Å². The summed E-state index contributed by atoms with van der Waals surface area (Å²) in [6.45, 7) is 0. The minimum Gasteiger partial charge on any atom is -0.255 e. The second-order valence-electron chi connectivity index (χ2n) is 0.0962. The Morgan fingerprint density at radius 3 is 1.50 bits per heavy atom. The zero-order valence-corrected chi connectivity index (χ0v) is 5.29.